The molecular weight excluding hydrogens is 432 g/mol. The van der Waals surface area contributed by atoms with Crippen molar-refractivity contribution in [2.75, 3.05) is 6.61 Å². The first kappa shape index (κ1) is 24.8. The minimum absolute atomic E-state index is 0.0945. The Bertz CT molecular complexity index is 985. The van der Waals surface area contributed by atoms with Gasteiger partial charge in [-0.25, -0.2) is 9.59 Å². The van der Waals surface area contributed by atoms with E-state index in [0.717, 1.165) is 0 Å². The largest absolute Gasteiger partial charge is 0.508 e. The summed E-state index contributed by atoms with van der Waals surface area (Å²) < 4.78 is 10.1. The van der Waals surface area contributed by atoms with Crippen molar-refractivity contribution in [3.8, 4) is 11.5 Å². The monoisotopic (exact) mass is 456 g/mol. The predicted octanol–water partition coefficient (Wildman–Crippen LogP) is 5.69. The molecule has 3 aromatic carbocycles. The van der Waals surface area contributed by atoms with Gasteiger partial charge < -0.3 is 19.7 Å². The molecule has 32 heavy (non-hydrogen) atoms. The Labute approximate surface area is 192 Å². The number of phenolic OH excluding ortho intramolecular Hbond substituents is 2. The van der Waals surface area contributed by atoms with Gasteiger partial charge in [0.25, 0.3) is 0 Å². The molecule has 168 valence electrons. The third-order valence-corrected chi connectivity index (χ3v) is 4.37. The second-order valence-corrected chi connectivity index (χ2v) is 7.61. The van der Waals surface area contributed by atoms with E-state index in [1.165, 1.54) is 48.5 Å². The van der Waals surface area contributed by atoms with Gasteiger partial charge in [-0.15, -0.1) is 0 Å². The lowest BCUT2D eigenvalue weighted by Gasteiger charge is -2.11. The fourth-order valence-corrected chi connectivity index (χ4v) is 2.58. The number of ether oxygens (including phenoxy) is 2. The number of alkyl halides is 1. The van der Waals surface area contributed by atoms with E-state index < -0.39 is 11.5 Å². The number of carbonyl (C=O) groups is 2. The van der Waals surface area contributed by atoms with Crippen LogP contribution in [0.1, 0.15) is 45.7 Å². The maximum atomic E-state index is 11.8. The minimum atomic E-state index is -0.826. The van der Waals surface area contributed by atoms with Crippen molar-refractivity contribution >= 4 is 23.5 Å². The summed E-state index contributed by atoms with van der Waals surface area (Å²) in [5, 5.41) is 18.1. The molecule has 0 spiro atoms. The van der Waals surface area contributed by atoms with Gasteiger partial charge in [-0.2, -0.15) is 0 Å². The van der Waals surface area contributed by atoms with Crippen LogP contribution in [0.15, 0.2) is 78.9 Å². The number of hydrogen-bond donors (Lipinski definition) is 2. The van der Waals surface area contributed by atoms with E-state index in [1.807, 2.05) is 32.0 Å². The third-order valence-electron chi connectivity index (χ3n) is 4.03. The van der Waals surface area contributed by atoms with E-state index in [9.17, 15) is 9.59 Å². The van der Waals surface area contributed by atoms with E-state index >= 15 is 0 Å². The summed E-state index contributed by atoms with van der Waals surface area (Å²) in [7, 11) is 0. The molecule has 0 aromatic heterocycles. The van der Waals surface area contributed by atoms with Crippen LogP contribution in [0, 0.1) is 5.92 Å². The Morgan fingerprint density at radius 2 is 1.25 bits per heavy atom. The number of esters is 2. The van der Waals surface area contributed by atoms with E-state index in [-0.39, 0.29) is 17.5 Å². The molecule has 0 saturated carbocycles. The van der Waals surface area contributed by atoms with Crippen LogP contribution in [0.5, 0.6) is 11.5 Å². The van der Waals surface area contributed by atoms with Crippen LogP contribution < -0.4 is 0 Å². The summed E-state index contributed by atoms with van der Waals surface area (Å²) in [5.74, 6) is -0.309. The highest BCUT2D eigenvalue weighted by Crippen LogP contribution is 2.23. The number of rotatable bonds is 6. The number of hydrogen-bond acceptors (Lipinski definition) is 6. The predicted molar refractivity (Wildman–Crippen MR) is 122 cm³/mol. The molecule has 6 nitrogen and oxygen atoms in total. The van der Waals surface area contributed by atoms with Crippen molar-refractivity contribution in [3.63, 3.8) is 0 Å². The Morgan fingerprint density at radius 1 is 0.781 bits per heavy atom. The molecule has 0 fully saturated rings. The van der Waals surface area contributed by atoms with Gasteiger partial charge in [0.2, 0.25) is 5.56 Å². The quantitative estimate of drug-likeness (QED) is 0.365. The normalized spacial score (nSPS) is 11.1. The molecule has 3 rings (SSSR count). The lowest BCUT2D eigenvalue weighted by atomic mass is 10.2. The van der Waals surface area contributed by atoms with Crippen LogP contribution in [0.4, 0.5) is 0 Å². The van der Waals surface area contributed by atoms with Crippen LogP contribution in [0.25, 0.3) is 0 Å². The molecule has 1 atom stereocenters. The van der Waals surface area contributed by atoms with Gasteiger partial charge in [0.1, 0.15) is 11.5 Å². The Hall–Kier alpha value is -3.51. The van der Waals surface area contributed by atoms with Crippen LogP contribution in [-0.4, -0.2) is 28.8 Å². The molecule has 7 heteroatoms. The maximum absolute atomic E-state index is 11.8. The molecule has 0 aliphatic carbocycles. The van der Waals surface area contributed by atoms with Crippen molar-refractivity contribution in [2.24, 2.45) is 5.92 Å². The highest BCUT2D eigenvalue weighted by molar-refractivity contribution is 6.20. The molecule has 1 unspecified atom stereocenters. The zero-order valence-corrected chi connectivity index (χ0v) is 18.5. The topological polar surface area (TPSA) is 93.1 Å². The summed E-state index contributed by atoms with van der Waals surface area (Å²) in [6, 6.07) is 20.9. The summed E-state index contributed by atoms with van der Waals surface area (Å²) in [4.78, 5) is 23.1. The number of benzene rings is 3. The van der Waals surface area contributed by atoms with Gasteiger partial charge in [0.15, 0.2) is 0 Å². The zero-order valence-electron chi connectivity index (χ0n) is 17.8. The first-order valence-electron chi connectivity index (χ1n) is 9.91. The highest BCUT2D eigenvalue weighted by Gasteiger charge is 2.15. The summed E-state index contributed by atoms with van der Waals surface area (Å²) in [6.07, 6.45) is 0. The van der Waals surface area contributed by atoms with Gasteiger partial charge in [0, 0.05) is 5.56 Å². The summed E-state index contributed by atoms with van der Waals surface area (Å²) in [6.45, 7) is 4.37. The number of phenols is 2. The SMILES string of the molecule is CC(C)COC(=O)c1ccc(O)cc1.O=C(OC(Cl)c1ccccc1)c1ccc(O)cc1. The van der Waals surface area contributed by atoms with Gasteiger partial charge in [-0.3, -0.25) is 0 Å². The molecule has 0 aliphatic rings. The first-order chi connectivity index (χ1) is 15.3. The first-order valence-corrected chi connectivity index (χ1v) is 10.3. The Kier molecular flexibility index (Phi) is 9.57. The van der Waals surface area contributed by atoms with Gasteiger partial charge >= 0.3 is 11.9 Å². The minimum Gasteiger partial charge on any atom is -0.508 e. The average molecular weight is 457 g/mol. The highest BCUT2D eigenvalue weighted by atomic mass is 35.5. The Morgan fingerprint density at radius 3 is 1.72 bits per heavy atom. The van der Waals surface area contributed by atoms with Crippen LogP contribution in [0.2, 0.25) is 0 Å². The van der Waals surface area contributed by atoms with Gasteiger partial charge in [-0.05, 0) is 54.4 Å². The van der Waals surface area contributed by atoms with Crippen molar-refractivity contribution in [2.45, 2.75) is 19.4 Å². The molecule has 2 N–H and O–H groups in total. The van der Waals surface area contributed by atoms with Crippen molar-refractivity contribution in [1.82, 2.24) is 0 Å². The number of halogens is 1. The van der Waals surface area contributed by atoms with Gasteiger partial charge in [0.05, 0.1) is 17.7 Å². The maximum Gasteiger partial charge on any atom is 0.339 e. The molecule has 0 saturated heterocycles. The molecule has 0 bridgehead atoms. The van der Waals surface area contributed by atoms with E-state index in [1.54, 1.807) is 12.1 Å². The van der Waals surface area contributed by atoms with Crippen LogP contribution in [-0.2, 0) is 9.47 Å². The standard InChI is InChI=1S/C14H11ClO3.C11H14O3/c15-13(10-4-2-1-3-5-10)18-14(17)11-6-8-12(16)9-7-11;1-8(2)7-14-11(13)9-3-5-10(12)6-4-9/h1-9,13,16H;3-6,8,12H,7H2,1-2H3. The molecular formula is C25H25ClO6. The lowest BCUT2D eigenvalue weighted by molar-refractivity contribution is 0.0441. The smallest absolute Gasteiger partial charge is 0.339 e. The molecule has 0 amide bonds. The van der Waals surface area contributed by atoms with Crippen LogP contribution >= 0.6 is 11.6 Å². The molecule has 0 heterocycles. The zero-order chi connectivity index (χ0) is 23.5. The number of aromatic hydroxyl groups is 2. The second-order valence-electron chi connectivity index (χ2n) is 7.22. The van der Waals surface area contributed by atoms with E-state index in [4.69, 9.17) is 31.3 Å². The number of carbonyl (C=O) groups excluding carboxylic acids is 2. The molecule has 3 aromatic rings. The van der Waals surface area contributed by atoms with Crippen LogP contribution in [0.3, 0.4) is 0 Å². The van der Waals surface area contributed by atoms with Crippen molar-refractivity contribution < 1.29 is 29.3 Å². The lowest BCUT2D eigenvalue weighted by Crippen LogP contribution is -2.09. The average Bonchev–Trinajstić information content (AvgIpc) is 2.79. The van der Waals surface area contributed by atoms with Gasteiger partial charge in [-0.1, -0.05) is 55.8 Å². The molecule has 0 radical (unpaired) electrons. The van der Waals surface area contributed by atoms with Crippen molar-refractivity contribution in [1.29, 1.82) is 0 Å². The fourth-order valence-electron chi connectivity index (χ4n) is 2.36. The summed E-state index contributed by atoms with van der Waals surface area (Å²) in [5.41, 5.74) is 0.691. The summed E-state index contributed by atoms with van der Waals surface area (Å²) >= 11 is 5.99. The fraction of sp³-hybridized carbons (Fsp3) is 0.200. The van der Waals surface area contributed by atoms with E-state index in [0.29, 0.717) is 29.2 Å². The third kappa shape index (κ3) is 8.32. The molecule has 0 aliphatic heterocycles. The second kappa shape index (κ2) is 12.4. The Balaban J connectivity index is 0.000000235. The van der Waals surface area contributed by atoms with Crippen molar-refractivity contribution in [3.05, 3.63) is 95.6 Å². The van der Waals surface area contributed by atoms with E-state index in [2.05, 4.69) is 0 Å².